The highest BCUT2D eigenvalue weighted by molar-refractivity contribution is 6.05. The van der Waals surface area contributed by atoms with Gasteiger partial charge in [0.2, 0.25) is 0 Å². The minimum atomic E-state index is -1.60. The molecule has 0 bridgehead atoms. The molecule has 6 heteroatoms. The maximum atomic E-state index is 13.1. The molecule has 1 amide bonds. The summed E-state index contributed by atoms with van der Waals surface area (Å²) >= 11 is 0. The zero-order chi connectivity index (χ0) is 15.7. The lowest BCUT2D eigenvalue weighted by molar-refractivity contribution is 0.102. The molecule has 0 fully saturated rings. The lowest BCUT2D eigenvalue weighted by Crippen LogP contribution is -2.13. The van der Waals surface area contributed by atoms with Crippen LogP contribution in [-0.4, -0.2) is 10.9 Å². The van der Waals surface area contributed by atoms with E-state index in [9.17, 15) is 18.0 Å². The van der Waals surface area contributed by atoms with Gasteiger partial charge in [-0.3, -0.25) is 9.78 Å². The van der Waals surface area contributed by atoms with Crippen LogP contribution in [0.3, 0.4) is 0 Å². The van der Waals surface area contributed by atoms with Gasteiger partial charge in [0.05, 0.1) is 5.52 Å². The molecule has 3 nitrogen and oxygen atoms in total. The summed E-state index contributed by atoms with van der Waals surface area (Å²) in [6.45, 7) is 0. The molecule has 0 atom stereocenters. The van der Waals surface area contributed by atoms with Crippen molar-refractivity contribution >= 4 is 22.5 Å². The summed E-state index contributed by atoms with van der Waals surface area (Å²) in [5.41, 5.74) is 0.887. The summed E-state index contributed by atoms with van der Waals surface area (Å²) < 4.78 is 39.2. The van der Waals surface area contributed by atoms with E-state index in [0.29, 0.717) is 17.8 Å². The van der Waals surface area contributed by atoms with Gasteiger partial charge in [-0.05, 0) is 36.4 Å². The molecule has 22 heavy (non-hydrogen) atoms. The highest BCUT2D eigenvalue weighted by atomic mass is 19.2. The van der Waals surface area contributed by atoms with E-state index in [1.165, 1.54) is 0 Å². The smallest absolute Gasteiger partial charge is 0.255 e. The first-order valence-electron chi connectivity index (χ1n) is 6.35. The molecule has 1 aromatic heterocycles. The average Bonchev–Trinajstić information content (AvgIpc) is 2.52. The van der Waals surface area contributed by atoms with Gasteiger partial charge in [-0.15, -0.1) is 0 Å². The molecule has 3 rings (SSSR count). The number of carbonyl (C=O) groups excluding carboxylic acids is 1. The molecule has 0 aliphatic heterocycles. The Bertz CT molecular complexity index is 857. The summed E-state index contributed by atoms with van der Waals surface area (Å²) in [6.07, 6.45) is 1.64. The van der Waals surface area contributed by atoms with E-state index >= 15 is 0 Å². The predicted octanol–water partition coefficient (Wildman–Crippen LogP) is 3.90. The van der Waals surface area contributed by atoms with Crippen molar-refractivity contribution in [2.45, 2.75) is 0 Å². The molecule has 3 aromatic rings. The fraction of sp³-hybridized carbons (Fsp3) is 0. The largest absolute Gasteiger partial charge is 0.322 e. The fourth-order valence-electron chi connectivity index (χ4n) is 2.04. The van der Waals surface area contributed by atoms with Gasteiger partial charge < -0.3 is 5.32 Å². The van der Waals surface area contributed by atoms with Crippen LogP contribution >= 0.6 is 0 Å². The van der Waals surface area contributed by atoms with Crippen LogP contribution < -0.4 is 5.32 Å². The van der Waals surface area contributed by atoms with E-state index in [1.807, 2.05) is 6.07 Å². The summed E-state index contributed by atoms with van der Waals surface area (Å²) in [6, 6.07) is 9.86. The zero-order valence-electron chi connectivity index (χ0n) is 11.1. The van der Waals surface area contributed by atoms with E-state index in [2.05, 4.69) is 10.3 Å². The Morgan fingerprint density at radius 3 is 2.45 bits per heavy atom. The number of amides is 1. The van der Waals surface area contributed by atoms with Gasteiger partial charge in [0.15, 0.2) is 17.5 Å². The number of fused-ring (bicyclic) bond motifs is 1. The number of hydrogen-bond acceptors (Lipinski definition) is 2. The summed E-state index contributed by atoms with van der Waals surface area (Å²) in [5.74, 6) is -5.16. The van der Waals surface area contributed by atoms with Crippen molar-refractivity contribution in [1.82, 2.24) is 4.98 Å². The number of carbonyl (C=O) groups is 1. The molecular weight excluding hydrogens is 293 g/mol. The minimum absolute atomic E-state index is 0.303. The Kier molecular flexibility index (Phi) is 3.50. The van der Waals surface area contributed by atoms with E-state index in [-0.39, 0.29) is 5.56 Å². The van der Waals surface area contributed by atoms with Crippen LogP contribution in [0.25, 0.3) is 10.9 Å². The third-order valence-corrected chi connectivity index (χ3v) is 3.11. The number of benzene rings is 2. The first-order valence-corrected chi connectivity index (χ1v) is 6.35. The van der Waals surface area contributed by atoms with E-state index in [0.717, 1.165) is 10.9 Å². The number of nitrogens with one attached hydrogen (secondary N) is 1. The first-order chi connectivity index (χ1) is 10.5. The number of halogens is 3. The van der Waals surface area contributed by atoms with Crippen LogP contribution in [0.4, 0.5) is 18.9 Å². The number of aromatic nitrogens is 1. The van der Waals surface area contributed by atoms with Gasteiger partial charge in [0.1, 0.15) is 0 Å². The topological polar surface area (TPSA) is 42.0 Å². The van der Waals surface area contributed by atoms with Crippen molar-refractivity contribution in [3.8, 4) is 0 Å². The van der Waals surface area contributed by atoms with Crippen molar-refractivity contribution < 1.29 is 18.0 Å². The molecule has 0 unspecified atom stereocenters. The Morgan fingerprint density at radius 2 is 1.73 bits per heavy atom. The van der Waals surface area contributed by atoms with Gasteiger partial charge in [0, 0.05) is 22.8 Å². The molecule has 0 spiro atoms. The lowest BCUT2D eigenvalue weighted by atomic mass is 10.1. The Hall–Kier alpha value is -2.89. The maximum absolute atomic E-state index is 13.1. The monoisotopic (exact) mass is 302 g/mol. The second kappa shape index (κ2) is 5.48. The van der Waals surface area contributed by atoms with Gasteiger partial charge in [-0.25, -0.2) is 13.2 Å². The third kappa shape index (κ3) is 2.63. The summed E-state index contributed by atoms with van der Waals surface area (Å²) in [7, 11) is 0. The molecule has 2 aromatic carbocycles. The number of rotatable bonds is 2. The quantitative estimate of drug-likeness (QED) is 0.729. The first kappa shape index (κ1) is 14.1. The van der Waals surface area contributed by atoms with Gasteiger partial charge >= 0.3 is 0 Å². The summed E-state index contributed by atoms with van der Waals surface area (Å²) in [5, 5.41) is 3.30. The predicted molar refractivity (Wildman–Crippen MR) is 76.0 cm³/mol. The van der Waals surface area contributed by atoms with Crippen molar-refractivity contribution in [3.05, 3.63) is 71.7 Å². The fourth-order valence-corrected chi connectivity index (χ4v) is 2.04. The minimum Gasteiger partial charge on any atom is -0.322 e. The van der Waals surface area contributed by atoms with Crippen LogP contribution in [0.5, 0.6) is 0 Å². The highest BCUT2D eigenvalue weighted by Crippen LogP contribution is 2.19. The Balaban J connectivity index is 1.89. The molecule has 0 aliphatic carbocycles. The number of pyridine rings is 1. The van der Waals surface area contributed by atoms with Crippen LogP contribution in [0.15, 0.2) is 48.7 Å². The second-order valence-electron chi connectivity index (χ2n) is 4.62. The SMILES string of the molecule is O=C(Nc1ccc2ncccc2c1)c1cc(F)c(F)c(F)c1. The maximum Gasteiger partial charge on any atom is 0.255 e. The standard InChI is InChI=1S/C16H9F3N2O/c17-12-7-10(8-13(18)15(12)19)16(22)21-11-3-4-14-9(6-11)2-1-5-20-14/h1-8H,(H,21,22). The molecule has 1 N–H and O–H groups in total. The lowest BCUT2D eigenvalue weighted by Gasteiger charge is -2.07. The average molecular weight is 302 g/mol. The number of hydrogen-bond donors (Lipinski definition) is 1. The van der Waals surface area contributed by atoms with Gasteiger partial charge in [-0.1, -0.05) is 6.07 Å². The molecule has 1 heterocycles. The zero-order valence-corrected chi connectivity index (χ0v) is 11.1. The normalized spacial score (nSPS) is 10.7. The van der Waals surface area contributed by atoms with Crippen molar-refractivity contribution in [1.29, 1.82) is 0 Å². The van der Waals surface area contributed by atoms with E-state index < -0.39 is 23.4 Å². The Labute approximate surface area is 123 Å². The van der Waals surface area contributed by atoms with Crippen molar-refractivity contribution in [2.75, 3.05) is 5.32 Å². The number of nitrogens with zero attached hydrogens (tertiary/aromatic N) is 1. The third-order valence-electron chi connectivity index (χ3n) is 3.11. The van der Waals surface area contributed by atoms with E-state index in [4.69, 9.17) is 0 Å². The molecular formula is C16H9F3N2O. The Morgan fingerprint density at radius 1 is 1.00 bits per heavy atom. The molecule has 0 aliphatic rings. The second-order valence-corrected chi connectivity index (χ2v) is 4.62. The van der Waals surface area contributed by atoms with E-state index in [1.54, 1.807) is 30.5 Å². The molecule has 0 radical (unpaired) electrons. The van der Waals surface area contributed by atoms with Gasteiger partial charge in [0.25, 0.3) is 5.91 Å². The van der Waals surface area contributed by atoms with Crippen LogP contribution in [0.1, 0.15) is 10.4 Å². The van der Waals surface area contributed by atoms with Crippen LogP contribution in [-0.2, 0) is 0 Å². The summed E-state index contributed by atoms with van der Waals surface area (Å²) in [4.78, 5) is 16.1. The van der Waals surface area contributed by atoms with Crippen molar-refractivity contribution in [3.63, 3.8) is 0 Å². The number of anilines is 1. The van der Waals surface area contributed by atoms with Crippen LogP contribution in [0, 0.1) is 17.5 Å². The molecule has 0 saturated carbocycles. The van der Waals surface area contributed by atoms with Crippen molar-refractivity contribution in [2.24, 2.45) is 0 Å². The molecule has 0 saturated heterocycles. The molecule has 110 valence electrons. The highest BCUT2D eigenvalue weighted by Gasteiger charge is 2.15. The van der Waals surface area contributed by atoms with Gasteiger partial charge in [-0.2, -0.15) is 0 Å². The van der Waals surface area contributed by atoms with Crippen LogP contribution in [0.2, 0.25) is 0 Å².